The monoisotopic (exact) mass is 544 g/mol. The van der Waals surface area contributed by atoms with E-state index in [-0.39, 0.29) is 48.1 Å². The summed E-state index contributed by atoms with van der Waals surface area (Å²) in [6.45, 7) is 0.0290. The highest BCUT2D eigenvalue weighted by Crippen LogP contribution is 2.20. The number of nitro benzene ring substituents is 1. The van der Waals surface area contributed by atoms with E-state index >= 15 is 0 Å². The van der Waals surface area contributed by atoms with E-state index < -0.39 is 43.7 Å². The predicted molar refractivity (Wildman–Crippen MR) is 129 cm³/mol. The zero-order valence-corrected chi connectivity index (χ0v) is 20.5. The summed E-state index contributed by atoms with van der Waals surface area (Å²) in [6, 6.07) is 11.6. The molecular formula is C24H21FN4O8S. The Morgan fingerprint density at radius 2 is 1.55 bits per heavy atom. The van der Waals surface area contributed by atoms with Gasteiger partial charge in [0.05, 0.1) is 16.1 Å². The number of hydrogen-bond acceptors (Lipinski definition) is 8. The summed E-state index contributed by atoms with van der Waals surface area (Å²) in [5.41, 5.74) is 0.0554. The molecular weight excluding hydrogens is 523 g/mol. The Hall–Kier alpha value is -4.59. The highest BCUT2D eigenvalue weighted by molar-refractivity contribution is 7.92. The van der Waals surface area contributed by atoms with Crippen LogP contribution in [-0.4, -0.2) is 72.4 Å². The number of piperazine rings is 1. The van der Waals surface area contributed by atoms with Crippen LogP contribution in [0.5, 0.6) is 0 Å². The largest absolute Gasteiger partial charge is 0.459 e. The molecule has 1 N–H and O–H groups in total. The van der Waals surface area contributed by atoms with Gasteiger partial charge in [0.15, 0.2) is 5.76 Å². The van der Waals surface area contributed by atoms with Crippen molar-refractivity contribution >= 4 is 33.2 Å². The summed E-state index contributed by atoms with van der Waals surface area (Å²) in [5.74, 6) is -3.17. The summed E-state index contributed by atoms with van der Waals surface area (Å²) >= 11 is 0. The number of rotatable bonds is 7. The van der Waals surface area contributed by atoms with E-state index in [0.717, 1.165) is 24.3 Å². The van der Waals surface area contributed by atoms with Gasteiger partial charge in [0.2, 0.25) is 15.2 Å². The fourth-order valence-corrected chi connectivity index (χ4v) is 5.30. The second kappa shape index (κ2) is 10.8. The molecule has 3 amide bonds. The van der Waals surface area contributed by atoms with Gasteiger partial charge in [-0.2, -0.15) is 0 Å². The molecule has 0 saturated carbocycles. The number of sulfone groups is 1. The molecule has 2 aromatic carbocycles. The van der Waals surface area contributed by atoms with Crippen LogP contribution in [-0.2, 0) is 14.6 Å². The van der Waals surface area contributed by atoms with Crippen molar-refractivity contribution in [3.63, 3.8) is 0 Å². The molecule has 1 aliphatic heterocycles. The minimum Gasteiger partial charge on any atom is -0.459 e. The fraction of sp³-hybridized carbons (Fsp3) is 0.208. The lowest BCUT2D eigenvalue weighted by atomic mass is 10.1. The Balaban J connectivity index is 1.51. The van der Waals surface area contributed by atoms with Crippen LogP contribution in [0.15, 0.2) is 76.2 Å². The summed E-state index contributed by atoms with van der Waals surface area (Å²) in [5, 5.41) is 11.0. The number of nitrogens with zero attached hydrogens (tertiary/aromatic N) is 3. The van der Waals surface area contributed by atoms with Gasteiger partial charge in [-0.05, 0) is 48.5 Å². The van der Waals surface area contributed by atoms with Gasteiger partial charge in [-0.3, -0.25) is 24.5 Å². The van der Waals surface area contributed by atoms with Crippen LogP contribution >= 0.6 is 0 Å². The van der Waals surface area contributed by atoms with Crippen LogP contribution in [0.4, 0.5) is 10.1 Å². The number of carbonyl (C=O) groups is 3. The quantitative estimate of drug-likeness (QED) is 0.268. The minimum absolute atomic E-state index is 0.0381. The van der Waals surface area contributed by atoms with Gasteiger partial charge in [-0.15, -0.1) is 0 Å². The van der Waals surface area contributed by atoms with Crippen molar-refractivity contribution in [2.75, 3.05) is 26.2 Å². The first-order valence-electron chi connectivity index (χ1n) is 11.2. The average Bonchev–Trinajstić information content (AvgIpc) is 3.46. The van der Waals surface area contributed by atoms with Crippen molar-refractivity contribution in [1.29, 1.82) is 0 Å². The number of halogens is 1. The number of amides is 3. The first kappa shape index (κ1) is 26.5. The smallest absolute Gasteiger partial charge is 0.288 e. The van der Waals surface area contributed by atoms with E-state index in [1.54, 1.807) is 0 Å². The number of nitrogens with one attached hydrogen (secondary N) is 1. The number of carbonyl (C=O) groups excluding carboxylic acids is 3. The molecule has 2 heterocycles. The predicted octanol–water partition coefficient (Wildman–Crippen LogP) is 1.84. The molecule has 1 atom stereocenters. The molecule has 0 spiro atoms. The maximum Gasteiger partial charge on any atom is 0.288 e. The van der Waals surface area contributed by atoms with Crippen molar-refractivity contribution in [3.05, 3.63) is 94.2 Å². The first-order valence-corrected chi connectivity index (χ1v) is 12.8. The van der Waals surface area contributed by atoms with E-state index in [0.29, 0.717) is 0 Å². The molecule has 198 valence electrons. The maximum absolute atomic E-state index is 13.4. The van der Waals surface area contributed by atoms with Gasteiger partial charge < -0.3 is 19.5 Å². The second-order valence-electron chi connectivity index (χ2n) is 8.25. The molecule has 0 unspecified atom stereocenters. The molecule has 0 radical (unpaired) electrons. The van der Waals surface area contributed by atoms with Crippen molar-refractivity contribution in [2.45, 2.75) is 10.3 Å². The van der Waals surface area contributed by atoms with E-state index in [2.05, 4.69) is 5.32 Å². The van der Waals surface area contributed by atoms with E-state index in [1.165, 1.54) is 52.5 Å². The molecule has 14 heteroatoms. The molecule has 1 aromatic heterocycles. The van der Waals surface area contributed by atoms with Gasteiger partial charge in [0, 0.05) is 43.9 Å². The SMILES string of the molecule is O=C(N[C@H](C(=O)N1CCN(C(=O)c2ccc([N+](=O)[O-])cc2)CC1)S(=O)(=O)c1ccc(F)cc1)c1ccco1. The van der Waals surface area contributed by atoms with Crippen LogP contribution < -0.4 is 5.32 Å². The highest BCUT2D eigenvalue weighted by atomic mass is 32.2. The van der Waals surface area contributed by atoms with Crippen LogP contribution in [0.2, 0.25) is 0 Å². The number of hydrogen-bond donors (Lipinski definition) is 1. The van der Waals surface area contributed by atoms with Crippen molar-refractivity contribution in [3.8, 4) is 0 Å². The number of nitro groups is 1. The Morgan fingerprint density at radius 1 is 0.947 bits per heavy atom. The molecule has 4 rings (SSSR count). The maximum atomic E-state index is 13.4. The fourth-order valence-electron chi connectivity index (χ4n) is 3.83. The Labute approximate surface area is 215 Å². The summed E-state index contributed by atoms with van der Waals surface area (Å²) in [4.78, 5) is 51.3. The van der Waals surface area contributed by atoms with Gasteiger partial charge >= 0.3 is 0 Å². The third-order valence-corrected chi connectivity index (χ3v) is 7.76. The first-order chi connectivity index (χ1) is 18.1. The number of furan rings is 1. The zero-order chi connectivity index (χ0) is 27.4. The lowest BCUT2D eigenvalue weighted by Crippen LogP contribution is -2.57. The molecule has 1 saturated heterocycles. The molecule has 3 aromatic rings. The minimum atomic E-state index is -4.50. The van der Waals surface area contributed by atoms with Gasteiger partial charge in [-0.25, -0.2) is 12.8 Å². The topological polar surface area (TPSA) is 160 Å². The van der Waals surface area contributed by atoms with E-state index in [4.69, 9.17) is 4.42 Å². The number of non-ortho nitro benzene ring substituents is 1. The Kier molecular flexibility index (Phi) is 7.52. The molecule has 0 aliphatic carbocycles. The van der Waals surface area contributed by atoms with Gasteiger partial charge in [-0.1, -0.05) is 0 Å². The zero-order valence-electron chi connectivity index (χ0n) is 19.7. The summed E-state index contributed by atoms with van der Waals surface area (Å²) < 4.78 is 45.1. The molecule has 0 bridgehead atoms. The third kappa shape index (κ3) is 5.54. The third-order valence-electron chi connectivity index (χ3n) is 5.89. The number of benzene rings is 2. The van der Waals surface area contributed by atoms with Crippen LogP contribution in [0.1, 0.15) is 20.9 Å². The molecule has 1 fully saturated rings. The lowest BCUT2D eigenvalue weighted by Gasteiger charge is -2.36. The Morgan fingerprint density at radius 3 is 2.11 bits per heavy atom. The van der Waals surface area contributed by atoms with Crippen LogP contribution in [0.25, 0.3) is 0 Å². The second-order valence-corrected chi connectivity index (χ2v) is 10.3. The Bertz CT molecular complexity index is 1450. The van der Waals surface area contributed by atoms with Crippen LogP contribution in [0, 0.1) is 15.9 Å². The van der Waals surface area contributed by atoms with Crippen LogP contribution in [0.3, 0.4) is 0 Å². The summed E-state index contributed by atoms with van der Waals surface area (Å²) in [7, 11) is -4.50. The normalized spacial score (nSPS) is 14.6. The molecule has 1 aliphatic rings. The highest BCUT2D eigenvalue weighted by Gasteiger charge is 2.40. The summed E-state index contributed by atoms with van der Waals surface area (Å²) in [6.07, 6.45) is 1.21. The average molecular weight is 545 g/mol. The van der Waals surface area contributed by atoms with Crippen molar-refractivity contribution in [2.24, 2.45) is 0 Å². The van der Waals surface area contributed by atoms with Gasteiger partial charge in [0.1, 0.15) is 5.82 Å². The molecule has 12 nitrogen and oxygen atoms in total. The standard InChI is InChI=1S/C24H21FN4O8S/c25-17-5-9-19(10-6-17)38(35,36)22(26-21(30)20-2-1-15-37-20)24(32)28-13-11-27(12-14-28)23(31)16-3-7-18(8-4-16)29(33)34/h1-10,15,22H,11-14H2,(H,26,30)/t22-/m0/s1. The van der Waals surface area contributed by atoms with Gasteiger partial charge in [0.25, 0.3) is 23.4 Å². The molecule has 38 heavy (non-hydrogen) atoms. The van der Waals surface area contributed by atoms with E-state index in [9.17, 15) is 37.3 Å². The van der Waals surface area contributed by atoms with E-state index in [1.807, 2.05) is 0 Å². The van der Waals surface area contributed by atoms with Crippen molar-refractivity contribution in [1.82, 2.24) is 15.1 Å². The lowest BCUT2D eigenvalue weighted by molar-refractivity contribution is -0.384. The van der Waals surface area contributed by atoms with Crippen molar-refractivity contribution < 1.29 is 36.5 Å².